The van der Waals surface area contributed by atoms with Gasteiger partial charge in [0, 0.05) is 49.1 Å². The van der Waals surface area contributed by atoms with Crippen LogP contribution in [0.15, 0.2) is 120 Å². The van der Waals surface area contributed by atoms with Gasteiger partial charge in [0.05, 0.1) is 22.5 Å². The average molecular weight is 1070 g/mol. The van der Waals surface area contributed by atoms with Gasteiger partial charge in [0.15, 0.2) is 0 Å². The topological polar surface area (TPSA) is 74.8 Å². The minimum absolute atomic E-state index is 0.180. The fourth-order valence-electron chi connectivity index (χ4n) is 12.2. The Labute approximate surface area is 467 Å². The Balaban J connectivity index is 1.05. The van der Waals surface area contributed by atoms with E-state index in [0.29, 0.717) is 35.6 Å². The Hall–Kier alpha value is -5.96. The molecule has 0 atom stereocenters. The number of hydrogen-bond donors (Lipinski definition) is 0. The second kappa shape index (κ2) is 26.6. The zero-order chi connectivity index (χ0) is 53.7. The first kappa shape index (κ1) is 55.8. The maximum atomic E-state index is 14.2. The highest BCUT2D eigenvalue weighted by molar-refractivity contribution is 7.16. The maximum absolute atomic E-state index is 14.2. The number of hydrogen-bond acceptors (Lipinski definition) is 6. The number of rotatable bonds is 28. The summed E-state index contributed by atoms with van der Waals surface area (Å²) in [4.78, 5) is 64.1. The van der Waals surface area contributed by atoms with E-state index < -0.39 is 0 Å². The Bertz CT molecular complexity index is 2910. The molecule has 3 aliphatic rings. The first-order valence-corrected chi connectivity index (χ1v) is 31.2. The van der Waals surface area contributed by atoms with Gasteiger partial charge in [-0.25, -0.2) is 0 Å². The van der Waals surface area contributed by atoms with Crippen molar-refractivity contribution < 1.29 is 19.2 Å². The van der Waals surface area contributed by atoms with Crippen LogP contribution in [0.4, 0.5) is 11.4 Å². The molecule has 0 saturated heterocycles. The fraction of sp³-hybridized carbons (Fsp3) is 0.420. The lowest BCUT2D eigenvalue weighted by molar-refractivity contribution is -0.115. The van der Waals surface area contributed by atoms with Crippen LogP contribution in [0.25, 0.3) is 44.2 Å². The molecule has 0 radical (unpaired) electrons. The van der Waals surface area contributed by atoms with Crippen molar-refractivity contribution in [2.45, 2.75) is 174 Å². The first-order chi connectivity index (χ1) is 37.7. The smallest absolute Gasteiger partial charge is 0.262 e. The van der Waals surface area contributed by atoms with E-state index in [1.165, 1.54) is 86.5 Å². The van der Waals surface area contributed by atoms with Crippen LogP contribution in [-0.2, 0) is 15.0 Å². The molecule has 2 aromatic heterocycles. The van der Waals surface area contributed by atoms with Gasteiger partial charge in [-0.2, -0.15) is 0 Å². The molecule has 4 aromatic carbocycles. The standard InChI is InChI=1S/C69H80N2O4S2/c1-5-9-13-17-19-25-41-69(42-26-20-18-14-10-6-2)59-45-49(63-39-35-51(76-63)47-57-65(72)55-29-21-23-31-61(55)70(67(57)74)43-27-15-11-7-3)33-37-53(59)54-38-34-50(46-60(54)69)64-40-36-52(77-64)48-58-66(73)56-30-22-24-32-62(56)71(68(58)75)44-28-16-12-8-4/h21-24,29-40,45-48H,5-20,25-28,41-44H2,1-4H3. The van der Waals surface area contributed by atoms with Crippen molar-refractivity contribution in [2.75, 3.05) is 22.9 Å². The third kappa shape index (κ3) is 12.3. The van der Waals surface area contributed by atoms with Crippen molar-refractivity contribution in [3.63, 3.8) is 0 Å². The van der Waals surface area contributed by atoms with E-state index in [9.17, 15) is 19.2 Å². The summed E-state index contributed by atoms with van der Waals surface area (Å²) in [6.45, 7) is 10.1. The molecule has 2 aliphatic heterocycles. The van der Waals surface area contributed by atoms with Crippen LogP contribution in [-0.4, -0.2) is 36.5 Å². The van der Waals surface area contributed by atoms with Crippen molar-refractivity contribution in [3.05, 3.63) is 152 Å². The molecule has 0 N–H and O–H groups in total. The highest BCUT2D eigenvalue weighted by atomic mass is 32.1. The van der Waals surface area contributed by atoms with E-state index >= 15 is 0 Å². The summed E-state index contributed by atoms with van der Waals surface area (Å²) in [7, 11) is 0. The zero-order valence-electron chi connectivity index (χ0n) is 46.4. The quantitative estimate of drug-likeness (QED) is 0.0279. The van der Waals surface area contributed by atoms with Crippen LogP contribution in [0.1, 0.15) is 211 Å². The van der Waals surface area contributed by atoms with Crippen molar-refractivity contribution in [3.8, 4) is 32.0 Å². The lowest BCUT2D eigenvalue weighted by Gasteiger charge is -2.33. The average Bonchev–Trinajstić information content (AvgIpc) is 4.27. The van der Waals surface area contributed by atoms with E-state index in [0.717, 1.165) is 108 Å². The minimum Gasteiger partial charge on any atom is -0.307 e. The predicted molar refractivity (Wildman–Crippen MR) is 326 cm³/mol. The highest BCUT2D eigenvalue weighted by Gasteiger charge is 2.43. The van der Waals surface area contributed by atoms with Gasteiger partial charge in [-0.05, 0) is 132 Å². The molecule has 1 aliphatic carbocycles. The van der Waals surface area contributed by atoms with Gasteiger partial charge in [0.2, 0.25) is 11.6 Å². The first-order valence-electron chi connectivity index (χ1n) is 29.6. The molecule has 0 bridgehead atoms. The maximum Gasteiger partial charge on any atom is 0.262 e. The van der Waals surface area contributed by atoms with Crippen molar-refractivity contribution in [1.29, 1.82) is 0 Å². The number of amides is 2. The largest absolute Gasteiger partial charge is 0.307 e. The summed E-state index contributed by atoms with van der Waals surface area (Å²) in [6.07, 6.45) is 29.0. The Morgan fingerprint density at radius 3 is 1.19 bits per heavy atom. The summed E-state index contributed by atoms with van der Waals surface area (Å²) < 4.78 is 0. The van der Waals surface area contributed by atoms with Crippen LogP contribution in [0.3, 0.4) is 0 Å². The Morgan fingerprint density at radius 2 is 0.779 bits per heavy atom. The lowest BCUT2D eigenvalue weighted by Crippen LogP contribution is -2.40. The molecule has 0 saturated carbocycles. The molecule has 77 heavy (non-hydrogen) atoms. The molecule has 8 heteroatoms. The highest BCUT2D eigenvalue weighted by Crippen LogP contribution is 2.56. The fourth-order valence-corrected chi connectivity index (χ4v) is 14.1. The molecule has 4 heterocycles. The number of thiophene rings is 2. The Morgan fingerprint density at radius 1 is 0.403 bits per heavy atom. The van der Waals surface area contributed by atoms with Gasteiger partial charge in [0.1, 0.15) is 0 Å². The van der Waals surface area contributed by atoms with Crippen LogP contribution in [0.2, 0.25) is 0 Å². The third-order valence-electron chi connectivity index (χ3n) is 16.5. The number of fused-ring (bicyclic) bond motifs is 5. The van der Waals surface area contributed by atoms with E-state index in [2.05, 4.69) is 88.4 Å². The summed E-state index contributed by atoms with van der Waals surface area (Å²) >= 11 is 3.29. The van der Waals surface area contributed by atoms with Crippen molar-refractivity contribution in [2.24, 2.45) is 0 Å². The molecule has 9 rings (SSSR count). The molecule has 6 nitrogen and oxygen atoms in total. The molecule has 0 spiro atoms. The molecule has 6 aromatic rings. The number of carbonyl (C=O) groups is 4. The number of benzene rings is 4. The minimum atomic E-state index is -0.208. The van der Waals surface area contributed by atoms with E-state index in [1.54, 1.807) is 22.7 Å². The van der Waals surface area contributed by atoms with Crippen molar-refractivity contribution >= 4 is 69.6 Å². The molecule has 0 unspecified atom stereocenters. The number of Topliss-reactive ketones (excluding diaryl/α,β-unsaturated/α-hetero) is 2. The van der Waals surface area contributed by atoms with Gasteiger partial charge in [-0.15, -0.1) is 22.7 Å². The van der Waals surface area contributed by atoms with Crippen LogP contribution >= 0.6 is 22.7 Å². The molecule has 402 valence electrons. The second-order valence-electron chi connectivity index (χ2n) is 21.9. The molecular formula is C69H80N2O4S2. The normalized spacial score (nSPS) is 15.7. The number of anilines is 2. The SMILES string of the molecule is CCCCCCCCC1(CCCCCCCC)c2cc(-c3ccc(C=C4C(=O)c5ccccc5N(CCCCCC)C4=O)s3)ccc2-c2ccc(-c3ccc(C=C4C(=O)c5ccccc5N(CCCCCC)C4=O)s3)cc21. The predicted octanol–water partition coefficient (Wildman–Crippen LogP) is 19.3. The summed E-state index contributed by atoms with van der Waals surface area (Å²) in [6, 6.07) is 37.8. The number of unbranched alkanes of at least 4 members (excludes halogenated alkanes) is 16. The monoisotopic (exact) mass is 1060 g/mol. The summed E-state index contributed by atoms with van der Waals surface area (Å²) in [5.74, 6) is -0.823. The van der Waals surface area contributed by atoms with Crippen LogP contribution in [0, 0.1) is 0 Å². The van der Waals surface area contributed by atoms with Gasteiger partial charge in [-0.1, -0.05) is 192 Å². The van der Waals surface area contributed by atoms with Crippen LogP contribution < -0.4 is 9.80 Å². The second-order valence-corrected chi connectivity index (χ2v) is 24.1. The van der Waals surface area contributed by atoms with E-state index in [-0.39, 0.29) is 39.9 Å². The third-order valence-corrected chi connectivity index (χ3v) is 18.6. The zero-order valence-corrected chi connectivity index (χ0v) is 48.0. The number of carbonyl (C=O) groups excluding carboxylic acids is 4. The molecule has 2 amide bonds. The van der Waals surface area contributed by atoms with Gasteiger partial charge < -0.3 is 9.80 Å². The van der Waals surface area contributed by atoms with E-state index in [1.807, 2.05) is 70.5 Å². The van der Waals surface area contributed by atoms with Crippen LogP contribution in [0.5, 0.6) is 0 Å². The van der Waals surface area contributed by atoms with Crippen molar-refractivity contribution in [1.82, 2.24) is 0 Å². The number of ketones is 2. The van der Waals surface area contributed by atoms with Gasteiger partial charge in [0.25, 0.3) is 11.8 Å². The number of para-hydroxylation sites is 2. The molecule has 0 fully saturated rings. The van der Waals surface area contributed by atoms with Gasteiger partial charge >= 0.3 is 0 Å². The number of nitrogens with zero attached hydrogens (tertiary/aromatic N) is 2. The Kier molecular flexibility index (Phi) is 19.3. The van der Waals surface area contributed by atoms with E-state index in [4.69, 9.17) is 0 Å². The lowest BCUT2D eigenvalue weighted by atomic mass is 9.70. The summed E-state index contributed by atoms with van der Waals surface area (Å²) in [5, 5.41) is 0. The molecular weight excluding hydrogens is 985 g/mol. The summed E-state index contributed by atoms with van der Waals surface area (Å²) in [5.41, 5.74) is 10.7. The van der Waals surface area contributed by atoms with Gasteiger partial charge in [-0.3, -0.25) is 19.2 Å².